The van der Waals surface area contributed by atoms with Gasteiger partial charge in [0, 0.05) is 11.6 Å². The van der Waals surface area contributed by atoms with E-state index in [9.17, 15) is 18.7 Å². The van der Waals surface area contributed by atoms with Crippen molar-refractivity contribution in [3.63, 3.8) is 0 Å². The molecule has 1 aliphatic rings. The fraction of sp³-hybridized carbons (Fsp3) is 0.381. The maximum atomic E-state index is 14.1. The maximum absolute atomic E-state index is 14.1. The zero-order valence-electron chi connectivity index (χ0n) is 14.3. The van der Waals surface area contributed by atoms with Gasteiger partial charge in [0.2, 0.25) is 0 Å². The van der Waals surface area contributed by atoms with E-state index in [1.54, 1.807) is 18.2 Å². The zero-order chi connectivity index (χ0) is 18.0. The fourth-order valence-electron chi connectivity index (χ4n) is 3.87. The van der Waals surface area contributed by atoms with Crippen molar-refractivity contribution in [1.82, 2.24) is 0 Å². The monoisotopic (exact) mass is 344 g/mol. The zero-order valence-corrected chi connectivity index (χ0v) is 14.3. The molecular weight excluding hydrogens is 322 g/mol. The first-order chi connectivity index (χ1) is 12.0. The third-order valence-electron chi connectivity index (χ3n) is 5.39. The van der Waals surface area contributed by atoms with E-state index in [0.29, 0.717) is 17.0 Å². The number of hydrogen-bond donors (Lipinski definition) is 1. The van der Waals surface area contributed by atoms with Crippen LogP contribution in [0.2, 0.25) is 0 Å². The van der Waals surface area contributed by atoms with E-state index in [-0.39, 0.29) is 11.5 Å². The first kappa shape index (κ1) is 17.6. The molecule has 0 spiro atoms. The lowest BCUT2D eigenvalue weighted by Gasteiger charge is -2.29. The van der Waals surface area contributed by atoms with Crippen molar-refractivity contribution in [1.29, 1.82) is 0 Å². The molecule has 0 unspecified atom stereocenters. The summed E-state index contributed by atoms with van der Waals surface area (Å²) in [7, 11) is 0. The SMILES string of the molecule is CC[C@H]1CC[C@H](c2cc(-c3ccc(F)cc3F)ccc2C(=O)O)CC1. The molecule has 0 aliphatic heterocycles. The average Bonchev–Trinajstić information content (AvgIpc) is 2.61. The average molecular weight is 344 g/mol. The Labute approximate surface area is 146 Å². The Bertz CT molecular complexity index is 777. The second kappa shape index (κ2) is 7.34. The molecule has 0 amide bonds. The van der Waals surface area contributed by atoms with E-state index < -0.39 is 17.6 Å². The first-order valence-corrected chi connectivity index (χ1v) is 8.82. The number of aromatic carboxylic acids is 1. The van der Waals surface area contributed by atoms with Crippen molar-refractivity contribution in [2.45, 2.75) is 44.9 Å². The van der Waals surface area contributed by atoms with Crippen molar-refractivity contribution in [2.24, 2.45) is 5.92 Å². The van der Waals surface area contributed by atoms with Gasteiger partial charge in [-0.1, -0.05) is 19.4 Å². The molecule has 132 valence electrons. The van der Waals surface area contributed by atoms with Crippen LogP contribution in [0.15, 0.2) is 36.4 Å². The summed E-state index contributed by atoms with van der Waals surface area (Å²) in [5.74, 6) is -1.33. The Kier molecular flexibility index (Phi) is 5.16. The van der Waals surface area contributed by atoms with Gasteiger partial charge in [-0.15, -0.1) is 0 Å². The third kappa shape index (κ3) is 3.73. The number of rotatable bonds is 4. The summed E-state index contributed by atoms with van der Waals surface area (Å²) < 4.78 is 27.3. The van der Waals surface area contributed by atoms with Gasteiger partial charge < -0.3 is 5.11 Å². The molecule has 1 N–H and O–H groups in total. The highest BCUT2D eigenvalue weighted by molar-refractivity contribution is 5.90. The van der Waals surface area contributed by atoms with Gasteiger partial charge in [-0.3, -0.25) is 0 Å². The Balaban J connectivity index is 1.99. The predicted octanol–water partition coefficient (Wildman–Crippen LogP) is 6.01. The number of carboxylic acid groups (broad SMARTS) is 1. The summed E-state index contributed by atoms with van der Waals surface area (Å²) in [4.78, 5) is 11.6. The minimum absolute atomic E-state index is 0.178. The first-order valence-electron chi connectivity index (χ1n) is 8.82. The summed E-state index contributed by atoms with van der Waals surface area (Å²) >= 11 is 0. The van der Waals surface area contributed by atoms with Gasteiger partial charge in [-0.05, 0) is 72.9 Å². The number of carbonyl (C=O) groups is 1. The summed E-state index contributed by atoms with van der Waals surface area (Å²) in [5, 5.41) is 9.52. The minimum atomic E-state index is -0.959. The molecule has 25 heavy (non-hydrogen) atoms. The van der Waals surface area contributed by atoms with Gasteiger partial charge in [0.25, 0.3) is 0 Å². The molecule has 1 aliphatic carbocycles. The lowest BCUT2D eigenvalue weighted by atomic mass is 9.76. The summed E-state index contributed by atoms with van der Waals surface area (Å²) in [6.45, 7) is 2.19. The van der Waals surface area contributed by atoms with E-state index in [1.807, 2.05) is 0 Å². The molecule has 0 aromatic heterocycles. The molecule has 2 nitrogen and oxygen atoms in total. The van der Waals surface area contributed by atoms with Crippen LogP contribution < -0.4 is 0 Å². The van der Waals surface area contributed by atoms with Crippen LogP contribution in [0.4, 0.5) is 8.78 Å². The highest BCUT2D eigenvalue weighted by atomic mass is 19.1. The fourth-order valence-corrected chi connectivity index (χ4v) is 3.87. The van der Waals surface area contributed by atoms with Gasteiger partial charge in [0.1, 0.15) is 11.6 Å². The van der Waals surface area contributed by atoms with Crippen molar-refractivity contribution in [2.75, 3.05) is 0 Å². The number of benzene rings is 2. The Morgan fingerprint density at radius 3 is 2.40 bits per heavy atom. The Morgan fingerprint density at radius 2 is 1.80 bits per heavy atom. The van der Waals surface area contributed by atoms with Gasteiger partial charge in [-0.25, -0.2) is 13.6 Å². The molecule has 2 aromatic carbocycles. The minimum Gasteiger partial charge on any atom is -0.478 e. The molecule has 1 fully saturated rings. The predicted molar refractivity (Wildman–Crippen MR) is 93.7 cm³/mol. The molecule has 0 atom stereocenters. The van der Waals surface area contributed by atoms with Crippen LogP contribution in [0.25, 0.3) is 11.1 Å². The lowest BCUT2D eigenvalue weighted by Crippen LogP contribution is -2.15. The van der Waals surface area contributed by atoms with E-state index in [4.69, 9.17) is 0 Å². The second-order valence-corrected chi connectivity index (χ2v) is 6.86. The molecule has 2 aromatic rings. The summed E-state index contributed by atoms with van der Waals surface area (Å²) in [6.07, 6.45) is 5.24. The topological polar surface area (TPSA) is 37.3 Å². The Hall–Kier alpha value is -2.23. The lowest BCUT2D eigenvalue weighted by molar-refractivity contribution is 0.0694. The smallest absolute Gasteiger partial charge is 0.335 e. The van der Waals surface area contributed by atoms with Gasteiger partial charge in [-0.2, -0.15) is 0 Å². The number of carboxylic acids is 1. The van der Waals surface area contributed by atoms with E-state index in [1.165, 1.54) is 12.1 Å². The molecule has 0 heterocycles. The molecule has 0 radical (unpaired) electrons. The molecule has 0 bridgehead atoms. The largest absolute Gasteiger partial charge is 0.478 e. The van der Waals surface area contributed by atoms with E-state index >= 15 is 0 Å². The highest BCUT2D eigenvalue weighted by Gasteiger charge is 2.25. The summed E-state index contributed by atoms with van der Waals surface area (Å²) in [5.41, 5.74) is 1.94. The maximum Gasteiger partial charge on any atom is 0.335 e. The molecular formula is C21H22F2O2. The quantitative estimate of drug-likeness (QED) is 0.737. The molecule has 1 saturated carbocycles. The number of hydrogen-bond acceptors (Lipinski definition) is 1. The van der Waals surface area contributed by atoms with Crippen LogP contribution in [-0.2, 0) is 0 Å². The standard InChI is InChI=1S/C21H22F2O2/c1-2-13-3-5-14(6-4-13)19-11-15(7-9-18(19)21(24)25)17-10-8-16(22)12-20(17)23/h7-14H,2-6H2,1H3,(H,24,25)/t13-,14-. The van der Waals surface area contributed by atoms with Crippen molar-refractivity contribution < 1.29 is 18.7 Å². The van der Waals surface area contributed by atoms with Crippen molar-refractivity contribution in [3.05, 3.63) is 59.2 Å². The van der Waals surface area contributed by atoms with Gasteiger partial charge >= 0.3 is 5.97 Å². The Morgan fingerprint density at radius 1 is 1.08 bits per heavy atom. The van der Waals surface area contributed by atoms with Crippen molar-refractivity contribution >= 4 is 5.97 Å². The molecule has 3 rings (SSSR count). The van der Waals surface area contributed by atoms with Gasteiger partial charge in [0.05, 0.1) is 5.56 Å². The van der Waals surface area contributed by atoms with Gasteiger partial charge in [0.15, 0.2) is 0 Å². The van der Waals surface area contributed by atoms with Crippen LogP contribution in [0.1, 0.15) is 60.9 Å². The van der Waals surface area contributed by atoms with E-state index in [2.05, 4.69) is 6.92 Å². The van der Waals surface area contributed by atoms with Crippen LogP contribution in [-0.4, -0.2) is 11.1 Å². The van der Waals surface area contributed by atoms with Crippen LogP contribution in [0.5, 0.6) is 0 Å². The summed E-state index contributed by atoms with van der Waals surface area (Å²) in [6, 6.07) is 8.39. The third-order valence-corrected chi connectivity index (χ3v) is 5.39. The van der Waals surface area contributed by atoms with Crippen LogP contribution in [0.3, 0.4) is 0 Å². The number of halogens is 2. The highest BCUT2D eigenvalue weighted by Crippen LogP contribution is 2.39. The van der Waals surface area contributed by atoms with Crippen LogP contribution >= 0.6 is 0 Å². The normalized spacial score (nSPS) is 20.4. The van der Waals surface area contributed by atoms with Crippen molar-refractivity contribution in [3.8, 4) is 11.1 Å². The second-order valence-electron chi connectivity index (χ2n) is 6.86. The van der Waals surface area contributed by atoms with E-state index in [0.717, 1.165) is 43.7 Å². The molecule has 4 heteroatoms. The van der Waals surface area contributed by atoms with Crippen LogP contribution in [0, 0.1) is 17.6 Å². The molecule has 0 saturated heterocycles.